The van der Waals surface area contributed by atoms with E-state index < -0.39 is 0 Å². The standard InChI is InChI=1S/C31H32ClN5OS/c1-20-7-8-23(32)19-28(20)36-21(2)18-26(22(36)3)30-29(27-6-4-5-13-33-27)34-31(39)37(30)25-11-9-24(10-12-25)35-14-16-38-17-15-35/h4-13,18-19,29-30H,14-17H2,1-3H3,(H,34,39)/t29-,30+/m0/s1. The molecule has 2 fully saturated rings. The van der Waals surface area contributed by atoms with Gasteiger partial charge in [0.25, 0.3) is 0 Å². The zero-order valence-electron chi connectivity index (χ0n) is 22.4. The Labute approximate surface area is 240 Å². The van der Waals surface area contributed by atoms with Crippen molar-refractivity contribution in [2.45, 2.75) is 32.9 Å². The largest absolute Gasteiger partial charge is 0.378 e. The normalized spacial score (nSPS) is 19.4. The molecule has 0 spiro atoms. The molecule has 2 atom stereocenters. The molecule has 0 aliphatic carbocycles. The van der Waals surface area contributed by atoms with Crippen LogP contribution in [0.5, 0.6) is 0 Å². The molecule has 4 heterocycles. The predicted octanol–water partition coefficient (Wildman–Crippen LogP) is 6.46. The Bertz CT molecular complexity index is 1500. The zero-order chi connectivity index (χ0) is 27.1. The fraction of sp³-hybridized carbons (Fsp3) is 0.290. The number of thiocarbonyl (C=S) groups is 1. The maximum Gasteiger partial charge on any atom is 0.174 e. The molecule has 0 amide bonds. The smallest absolute Gasteiger partial charge is 0.174 e. The van der Waals surface area contributed by atoms with Crippen molar-refractivity contribution in [3.8, 4) is 5.69 Å². The van der Waals surface area contributed by atoms with E-state index in [1.807, 2.05) is 30.5 Å². The minimum atomic E-state index is -0.105. The van der Waals surface area contributed by atoms with Gasteiger partial charge in [0.1, 0.15) is 0 Å². The van der Waals surface area contributed by atoms with Gasteiger partial charge in [-0.05, 0) is 98.7 Å². The first-order valence-corrected chi connectivity index (χ1v) is 14.1. The molecule has 8 heteroatoms. The van der Waals surface area contributed by atoms with Gasteiger partial charge in [-0.1, -0.05) is 23.7 Å². The van der Waals surface area contributed by atoms with Gasteiger partial charge in [0.2, 0.25) is 0 Å². The van der Waals surface area contributed by atoms with Crippen LogP contribution in [0.15, 0.2) is 72.9 Å². The molecule has 2 aromatic carbocycles. The van der Waals surface area contributed by atoms with Crippen molar-refractivity contribution in [3.05, 3.63) is 106 Å². The number of aryl methyl sites for hydroxylation is 2. The molecule has 4 aromatic rings. The fourth-order valence-electron chi connectivity index (χ4n) is 5.88. The predicted molar refractivity (Wildman–Crippen MR) is 162 cm³/mol. The van der Waals surface area contributed by atoms with Crippen LogP contribution in [0.4, 0.5) is 11.4 Å². The maximum atomic E-state index is 6.43. The van der Waals surface area contributed by atoms with E-state index in [2.05, 4.69) is 82.9 Å². The molecule has 0 saturated carbocycles. The second-order valence-electron chi connectivity index (χ2n) is 10.2. The topological polar surface area (TPSA) is 45.6 Å². The molecule has 6 nitrogen and oxygen atoms in total. The van der Waals surface area contributed by atoms with Crippen molar-refractivity contribution in [2.24, 2.45) is 0 Å². The summed E-state index contributed by atoms with van der Waals surface area (Å²) in [7, 11) is 0. The minimum Gasteiger partial charge on any atom is -0.378 e. The molecular formula is C31H32ClN5OS. The van der Waals surface area contributed by atoms with Crippen LogP contribution in [0.1, 0.15) is 40.3 Å². The highest BCUT2D eigenvalue weighted by Gasteiger charge is 2.42. The summed E-state index contributed by atoms with van der Waals surface area (Å²) in [5, 5.41) is 5.02. The third-order valence-corrected chi connectivity index (χ3v) is 8.35. The van der Waals surface area contributed by atoms with Crippen molar-refractivity contribution in [3.63, 3.8) is 0 Å². The highest BCUT2D eigenvalue weighted by molar-refractivity contribution is 7.80. The maximum absolute atomic E-state index is 6.43. The van der Waals surface area contributed by atoms with E-state index in [-0.39, 0.29) is 12.1 Å². The van der Waals surface area contributed by atoms with Crippen molar-refractivity contribution < 1.29 is 4.74 Å². The SMILES string of the molecule is Cc1ccc(Cl)cc1-n1c(C)cc([C@@H]2[C@H](c3ccccn3)NC(=S)N2c2ccc(N3CCOCC3)cc2)c1C. The van der Waals surface area contributed by atoms with Gasteiger partial charge in [-0.15, -0.1) is 0 Å². The van der Waals surface area contributed by atoms with Gasteiger partial charge < -0.3 is 24.4 Å². The van der Waals surface area contributed by atoms with Gasteiger partial charge in [-0.25, -0.2) is 0 Å². The lowest BCUT2D eigenvalue weighted by molar-refractivity contribution is 0.122. The number of nitrogens with zero attached hydrogens (tertiary/aromatic N) is 4. The first-order valence-electron chi connectivity index (χ1n) is 13.3. The van der Waals surface area contributed by atoms with E-state index in [1.54, 1.807) is 0 Å². The highest BCUT2D eigenvalue weighted by atomic mass is 35.5. The van der Waals surface area contributed by atoms with Gasteiger partial charge >= 0.3 is 0 Å². The molecule has 0 unspecified atom stereocenters. The third-order valence-electron chi connectivity index (χ3n) is 7.80. The molecule has 1 N–H and O–H groups in total. The van der Waals surface area contributed by atoms with Crippen LogP contribution in [0, 0.1) is 20.8 Å². The van der Waals surface area contributed by atoms with Gasteiger partial charge in [-0.3, -0.25) is 4.98 Å². The molecule has 39 heavy (non-hydrogen) atoms. The molecule has 2 aliphatic rings. The van der Waals surface area contributed by atoms with Gasteiger partial charge in [0.15, 0.2) is 5.11 Å². The Morgan fingerprint density at radius 3 is 2.41 bits per heavy atom. The number of hydrogen-bond acceptors (Lipinski definition) is 4. The lowest BCUT2D eigenvalue weighted by Gasteiger charge is -2.31. The second-order valence-corrected chi connectivity index (χ2v) is 11.0. The number of hydrogen-bond donors (Lipinski definition) is 1. The average Bonchev–Trinajstić information content (AvgIpc) is 3.45. The fourth-order valence-corrected chi connectivity index (χ4v) is 6.39. The summed E-state index contributed by atoms with van der Waals surface area (Å²) in [6.45, 7) is 9.78. The first kappa shape index (κ1) is 25.9. The number of nitrogens with one attached hydrogen (secondary N) is 1. The van der Waals surface area contributed by atoms with E-state index in [1.165, 1.54) is 16.8 Å². The Hall–Kier alpha value is -3.39. The number of ether oxygens (including phenoxy) is 1. The molecule has 2 saturated heterocycles. The number of rotatable bonds is 5. The van der Waals surface area contributed by atoms with Crippen LogP contribution >= 0.6 is 23.8 Å². The van der Waals surface area contributed by atoms with Crippen molar-refractivity contribution in [1.29, 1.82) is 0 Å². The number of halogens is 1. The number of pyridine rings is 1. The quantitative estimate of drug-likeness (QED) is 0.284. The highest BCUT2D eigenvalue weighted by Crippen LogP contribution is 2.44. The number of benzene rings is 2. The van der Waals surface area contributed by atoms with Crippen molar-refractivity contribution in [2.75, 3.05) is 36.1 Å². The molecule has 2 aromatic heterocycles. The zero-order valence-corrected chi connectivity index (χ0v) is 24.0. The first-order chi connectivity index (χ1) is 18.9. The van der Waals surface area contributed by atoms with Crippen molar-refractivity contribution in [1.82, 2.24) is 14.9 Å². The van der Waals surface area contributed by atoms with Crippen LogP contribution in [0.3, 0.4) is 0 Å². The summed E-state index contributed by atoms with van der Waals surface area (Å²) in [4.78, 5) is 9.33. The molecule has 6 rings (SSSR count). The van der Waals surface area contributed by atoms with Crippen LogP contribution in [-0.4, -0.2) is 41.0 Å². The van der Waals surface area contributed by atoms with Crippen LogP contribution < -0.4 is 15.1 Å². The molecular weight excluding hydrogens is 526 g/mol. The summed E-state index contributed by atoms with van der Waals surface area (Å²) >= 11 is 12.4. The third kappa shape index (κ3) is 4.80. The van der Waals surface area contributed by atoms with Crippen LogP contribution in [-0.2, 0) is 4.74 Å². The minimum absolute atomic E-state index is 0.0823. The Morgan fingerprint density at radius 2 is 1.69 bits per heavy atom. The molecule has 2 aliphatic heterocycles. The summed E-state index contributed by atoms with van der Waals surface area (Å²) in [5.74, 6) is 0. The molecule has 200 valence electrons. The number of morpholine rings is 1. The monoisotopic (exact) mass is 557 g/mol. The van der Waals surface area contributed by atoms with E-state index in [4.69, 9.17) is 33.5 Å². The Morgan fingerprint density at radius 1 is 0.949 bits per heavy atom. The summed E-state index contributed by atoms with van der Waals surface area (Å²) in [5.41, 5.74) is 8.98. The summed E-state index contributed by atoms with van der Waals surface area (Å²) in [6.07, 6.45) is 1.84. The van der Waals surface area contributed by atoms with Crippen LogP contribution in [0.2, 0.25) is 5.02 Å². The summed E-state index contributed by atoms with van der Waals surface area (Å²) < 4.78 is 7.83. The van der Waals surface area contributed by atoms with E-state index >= 15 is 0 Å². The van der Waals surface area contributed by atoms with E-state index in [9.17, 15) is 0 Å². The molecule has 0 bridgehead atoms. The Kier molecular flexibility index (Phi) is 7.06. The number of anilines is 2. The second kappa shape index (κ2) is 10.6. The van der Waals surface area contributed by atoms with E-state index in [0.29, 0.717) is 5.11 Å². The van der Waals surface area contributed by atoms with Gasteiger partial charge in [0.05, 0.1) is 31.0 Å². The number of aromatic nitrogens is 2. The van der Waals surface area contributed by atoms with Crippen LogP contribution in [0.25, 0.3) is 5.69 Å². The lowest BCUT2D eigenvalue weighted by atomic mass is 9.96. The van der Waals surface area contributed by atoms with Gasteiger partial charge in [0, 0.05) is 52.8 Å². The van der Waals surface area contributed by atoms with Crippen molar-refractivity contribution >= 4 is 40.3 Å². The van der Waals surface area contributed by atoms with Gasteiger partial charge in [-0.2, -0.15) is 0 Å². The molecule has 0 radical (unpaired) electrons. The lowest BCUT2D eigenvalue weighted by Crippen LogP contribution is -2.36. The Balaban J connectivity index is 1.45. The summed E-state index contributed by atoms with van der Waals surface area (Å²) in [6, 6.07) is 22.9. The average molecular weight is 558 g/mol. The van der Waals surface area contributed by atoms with E-state index in [0.717, 1.165) is 59.8 Å².